The molecule has 3 aliphatic rings. The molecule has 1 aromatic carbocycles. The molecule has 19 heavy (non-hydrogen) atoms. The van der Waals surface area contributed by atoms with Crippen molar-refractivity contribution in [2.24, 2.45) is 0 Å². The second-order valence-corrected chi connectivity index (χ2v) is 6.15. The van der Waals surface area contributed by atoms with Crippen LogP contribution in [0.1, 0.15) is 5.56 Å². The van der Waals surface area contributed by atoms with E-state index in [1.54, 1.807) is 12.1 Å². The van der Waals surface area contributed by atoms with E-state index in [1.165, 1.54) is 6.07 Å². The van der Waals surface area contributed by atoms with E-state index < -0.39 is 0 Å². The lowest BCUT2D eigenvalue weighted by molar-refractivity contribution is -0.128. The Labute approximate surface area is 120 Å². The zero-order valence-corrected chi connectivity index (χ0v) is 12.2. The van der Waals surface area contributed by atoms with E-state index in [1.807, 2.05) is 0 Å². The highest BCUT2D eigenvalue weighted by molar-refractivity contribution is 9.10. The van der Waals surface area contributed by atoms with Crippen molar-refractivity contribution in [2.45, 2.75) is 12.5 Å². The van der Waals surface area contributed by atoms with Crippen LogP contribution in [0.25, 0.3) is 0 Å². The van der Waals surface area contributed by atoms with Gasteiger partial charge in [-0.2, -0.15) is 0 Å². The van der Waals surface area contributed by atoms with E-state index in [0.29, 0.717) is 5.56 Å². The highest BCUT2D eigenvalue weighted by Gasteiger charge is 2.36. The van der Waals surface area contributed by atoms with Crippen molar-refractivity contribution >= 4 is 21.7 Å². The number of carbonyl (C=O) groups is 1. The summed E-state index contributed by atoms with van der Waals surface area (Å²) < 4.78 is 14.5. The first-order chi connectivity index (χ1) is 9.13. The second-order valence-electron chi connectivity index (χ2n) is 5.23. The van der Waals surface area contributed by atoms with Crippen molar-refractivity contribution in [3.63, 3.8) is 0 Å². The normalized spacial score (nSPS) is 29.5. The minimum atomic E-state index is -0.298. The number of carbonyl (C=O) groups excluding carboxylic acids is 1. The Bertz CT molecular complexity index is 500. The smallest absolute Gasteiger partial charge is 0.155 e. The molecule has 0 spiro atoms. The first-order valence-electron chi connectivity index (χ1n) is 6.56. The van der Waals surface area contributed by atoms with Crippen LogP contribution >= 0.6 is 15.9 Å². The molecule has 4 rings (SSSR count). The third-order valence-electron chi connectivity index (χ3n) is 4.02. The second kappa shape index (κ2) is 5.31. The van der Waals surface area contributed by atoms with E-state index in [0.717, 1.165) is 37.2 Å². The zero-order valence-electron chi connectivity index (χ0n) is 10.6. The van der Waals surface area contributed by atoms with Crippen molar-refractivity contribution in [1.82, 2.24) is 9.80 Å². The highest BCUT2D eigenvalue weighted by Crippen LogP contribution is 2.20. The number of halogens is 2. The number of benzene rings is 1. The van der Waals surface area contributed by atoms with Crippen LogP contribution in [0.2, 0.25) is 0 Å². The van der Waals surface area contributed by atoms with Gasteiger partial charge in [0.05, 0.1) is 6.04 Å². The molecule has 3 fully saturated rings. The Morgan fingerprint density at radius 1 is 1.32 bits per heavy atom. The number of rotatable bonds is 3. The van der Waals surface area contributed by atoms with E-state index in [2.05, 4.69) is 25.7 Å². The summed E-state index contributed by atoms with van der Waals surface area (Å²) in [6.45, 7) is 4.81. The molecular formula is C14H16BrFN2O. The van der Waals surface area contributed by atoms with Gasteiger partial charge in [-0.25, -0.2) is 4.39 Å². The third-order valence-corrected chi connectivity index (χ3v) is 4.52. The Morgan fingerprint density at radius 2 is 2.05 bits per heavy atom. The molecule has 5 heteroatoms. The number of Topliss-reactive ketones (excluding diaryl/α,β-unsaturated/α-hetero) is 1. The maximum absolute atomic E-state index is 13.7. The summed E-state index contributed by atoms with van der Waals surface area (Å²) in [4.78, 5) is 16.9. The molecule has 102 valence electrons. The van der Waals surface area contributed by atoms with Crippen molar-refractivity contribution in [1.29, 1.82) is 0 Å². The number of hydrogen-bond acceptors (Lipinski definition) is 3. The van der Waals surface area contributed by atoms with Crippen LogP contribution in [-0.2, 0) is 11.2 Å². The molecule has 0 radical (unpaired) electrons. The standard InChI is InChI=1S/C14H16BrFN2O/c15-11-1-2-12(16)10(7-11)8-14(19)13-9-17-3-5-18(13)6-4-17/h1-2,7,13H,3-6,8-9H2. The summed E-state index contributed by atoms with van der Waals surface area (Å²) in [6, 6.07) is 4.70. The molecule has 1 aromatic rings. The fourth-order valence-corrected chi connectivity index (χ4v) is 3.32. The van der Waals surface area contributed by atoms with E-state index in [9.17, 15) is 9.18 Å². The summed E-state index contributed by atoms with van der Waals surface area (Å²) in [5, 5.41) is 0. The van der Waals surface area contributed by atoms with E-state index >= 15 is 0 Å². The Hall–Kier alpha value is -0.780. The van der Waals surface area contributed by atoms with E-state index in [-0.39, 0.29) is 24.1 Å². The number of fused-ring (bicyclic) bond motifs is 3. The summed E-state index contributed by atoms with van der Waals surface area (Å²) in [5.41, 5.74) is 0.483. The van der Waals surface area contributed by atoms with Gasteiger partial charge in [-0.1, -0.05) is 15.9 Å². The Morgan fingerprint density at radius 3 is 2.68 bits per heavy atom. The summed E-state index contributed by atoms with van der Waals surface area (Å²) in [5.74, 6) is -0.172. The molecule has 0 amide bonds. The molecule has 3 saturated heterocycles. The molecule has 3 heterocycles. The fraction of sp³-hybridized carbons (Fsp3) is 0.500. The highest BCUT2D eigenvalue weighted by atomic mass is 79.9. The molecule has 1 unspecified atom stereocenters. The number of nitrogens with zero attached hydrogens (tertiary/aromatic N) is 2. The lowest BCUT2D eigenvalue weighted by atomic mass is 9.98. The lowest BCUT2D eigenvalue weighted by Crippen LogP contribution is -2.63. The number of ketones is 1. The third kappa shape index (κ3) is 2.73. The van der Waals surface area contributed by atoms with Crippen molar-refractivity contribution < 1.29 is 9.18 Å². The van der Waals surface area contributed by atoms with Crippen molar-refractivity contribution in [2.75, 3.05) is 32.7 Å². The van der Waals surface area contributed by atoms with Crippen molar-refractivity contribution in [3.05, 3.63) is 34.1 Å². The predicted octanol–water partition coefficient (Wildman–Crippen LogP) is 1.70. The molecule has 0 aliphatic carbocycles. The Balaban J connectivity index is 1.73. The molecule has 0 N–H and O–H groups in total. The average molecular weight is 327 g/mol. The van der Waals surface area contributed by atoms with Crippen LogP contribution < -0.4 is 0 Å². The first-order valence-corrected chi connectivity index (χ1v) is 7.36. The predicted molar refractivity (Wildman–Crippen MR) is 74.6 cm³/mol. The molecule has 1 atom stereocenters. The minimum absolute atomic E-state index is 0.0547. The van der Waals surface area contributed by atoms with Crippen LogP contribution in [0.3, 0.4) is 0 Å². The van der Waals surface area contributed by atoms with Crippen molar-refractivity contribution in [3.8, 4) is 0 Å². The maximum atomic E-state index is 13.7. The van der Waals surface area contributed by atoms with Gasteiger partial charge in [-0.3, -0.25) is 14.6 Å². The zero-order chi connectivity index (χ0) is 13.4. The maximum Gasteiger partial charge on any atom is 0.155 e. The largest absolute Gasteiger partial charge is 0.299 e. The van der Waals surface area contributed by atoms with Gasteiger partial charge in [0.1, 0.15) is 5.82 Å². The molecule has 3 aliphatic heterocycles. The monoisotopic (exact) mass is 326 g/mol. The van der Waals surface area contributed by atoms with Crippen LogP contribution in [-0.4, -0.2) is 54.3 Å². The summed E-state index contributed by atoms with van der Waals surface area (Å²) >= 11 is 3.32. The van der Waals surface area contributed by atoms with Crippen LogP contribution in [0.15, 0.2) is 22.7 Å². The topological polar surface area (TPSA) is 23.6 Å². The van der Waals surface area contributed by atoms with Crippen LogP contribution in [0.5, 0.6) is 0 Å². The van der Waals surface area contributed by atoms with Gasteiger partial charge in [-0.05, 0) is 23.8 Å². The van der Waals surface area contributed by atoms with Gasteiger partial charge in [0.2, 0.25) is 0 Å². The molecular weight excluding hydrogens is 311 g/mol. The van der Waals surface area contributed by atoms with Gasteiger partial charge < -0.3 is 0 Å². The van der Waals surface area contributed by atoms with Crippen LogP contribution in [0, 0.1) is 5.82 Å². The fourth-order valence-electron chi connectivity index (χ4n) is 2.91. The average Bonchev–Trinajstić information content (AvgIpc) is 2.44. The molecule has 0 saturated carbocycles. The van der Waals surface area contributed by atoms with Gasteiger partial charge >= 0.3 is 0 Å². The SMILES string of the molecule is O=C(Cc1cc(Br)ccc1F)C1CN2CCN1CC2. The molecule has 0 aromatic heterocycles. The summed E-state index contributed by atoms with van der Waals surface area (Å²) in [7, 11) is 0. The first kappa shape index (κ1) is 13.2. The van der Waals surface area contributed by atoms with Gasteiger partial charge in [0, 0.05) is 43.6 Å². The Kier molecular flexibility index (Phi) is 3.69. The minimum Gasteiger partial charge on any atom is -0.299 e. The molecule has 2 bridgehead atoms. The quantitative estimate of drug-likeness (QED) is 0.844. The lowest BCUT2D eigenvalue weighted by Gasteiger charge is -2.46. The van der Waals surface area contributed by atoms with E-state index in [4.69, 9.17) is 0 Å². The van der Waals surface area contributed by atoms with Gasteiger partial charge in [0.15, 0.2) is 5.78 Å². The number of piperazine rings is 3. The number of hydrogen-bond donors (Lipinski definition) is 0. The van der Waals surface area contributed by atoms with Gasteiger partial charge in [-0.15, -0.1) is 0 Å². The van der Waals surface area contributed by atoms with Crippen LogP contribution in [0.4, 0.5) is 4.39 Å². The molecule has 3 nitrogen and oxygen atoms in total. The van der Waals surface area contributed by atoms with Gasteiger partial charge in [0.25, 0.3) is 0 Å². The summed E-state index contributed by atoms with van der Waals surface area (Å²) in [6.07, 6.45) is 0.181.